The molecule has 0 spiro atoms. The SMILES string of the molecule is CNC(=O)CN1CCN(C(=O)c2cccc(N)c2C)CC1. The Kier molecular flexibility index (Phi) is 4.80. The zero-order chi connectivity index (χ0) is 15.4. The van der Waals surface area contributed by atoms with Gasteiger partial charge in [-0.05, 0) is 24.6 Å². The van der Waals surface area contributed by atoms with Gasteiger partial charge in [0.2, 0.25) is 5.91 Å². The highest BCUT2D eigenvalue weighted by Gasteiger charge is 2.24. The van der Waals surface area contributed by atoms with E-state index in [1.807, 2.05) is 17.9 Å². The first kappa shape index (κ1) is 15.3. The van der Waals surface area contributed by atoms with Crippen LogP contribution in [0.5, 0.6) is 0 Å². The number of hydrogen-bond acceptors (Lipinski definition) is 4. The normalized spacial score (nSPS) is 15.8. The molecule has 2 amide bonds. The molecule has 2 rings (SSSR count). The molecule has 0 aromatic heterocycles. The van der Waals surface area contributed by atoms with Crippen LogP contribution in [0.3, 0.4) is 0 Å². The molecule has 1 heterocycles. The van der Waals surface area contributed by atoms with Crippen LogP contribution in [0, 0.1) is 6.92 Å². The van der Waals surface area contributed by atoms with Crippen LogP contribution in [-0.4, -0.2) is 61.4 Å². The molecule has 1 aliphatic heterocycles. The van der Waals surface area contributed by atoms with Gasteiger partial charge in [-0.3, -0.25) is 14.5 Å². The highest BCUT2D eigenvalue weighted by molar-refractivity contribution is 5.97. The minimum absolute atomic E-state index is 0.00135. The Balaban J connectivity index is 1.97. The first-order valence-electron chi connectivity index (χ1n) is 7.10. The van der Waals surface area contributed by atoms with E-state index >= 15 is 0 Å². The molecule has 6 nitrogen and oxygen atoms in total. The van der Waals surface area contributed by atoms with Crippen molar-refractivity contribution in [2.24, 2.45) is 0 Å². The maximum absolute atomic E-state index is 12.5. The van der Waals surface area contributed by atoms with E-state index in [0.717, 1.165) is 5.56 Å². The molecule has 0 unspecified atom stereocenters. The van der Waals surface area contributed by atoms with Gasteiger partial charge < -0.3 is 16.0 Å². The van der Waals surface area contributed by atoms with Crippen molar-refractivity contribution in [3.05, 3.63) is 29.3 Å². The lowest BCUT2D eigenvalue weighted by molar-refractivity contribution is -0.122. The number of amides is 2. The van der Waals surface area contributed by atoms with Gasteiger partial charge in [-0.1, -0.05) is 6.07 Å². The second-order valence-corrected chi connectivity index (χ2v) is 5.26. The smallest absolute Gasteiger partial charge is 0.254 e. The molecule has 1 aliphatic rings. The highest BCUT2D eigenvalue weighted by Crippen LogP contribution is 2.18. The van der Waals surface area contributed by atoms with E-state index in [9.17, 15) is 9.59 Å². The number of benzene rings is 1. The quantitative estimate of drug-likeness (QED) is 0.773. The number of likely N-dealkylation sites (N-methyl/N-ethyl adjacent to an activating group) is 1. The standard InChI is InChI=1S/C15H22N4O2/c1-11-12(4-3-5-13(11)16)15(21)19-8-6-18(7-9-19)10-14(20)17-2/h3-5H,6-10,16H2,1-2H3,(H,17,20). The number of nitrogens with one attached hydrogen (secondary N) is 1. The Labute approximate surface area is 124 Å². The number of nitrogens with two attached hydrogens (primary N) is 1. The van der Waals surface area contributed by atoms with Gasteiger partial charge in [0.1, 0.15) is 0 Å². The maximum Gasteiger partial charge on any atom is 0.254 e. The maximum atomic E-state index is 12.5. The van der Waals surface area contributed by atoms with E-state index in [4.69, 9.17) is 5.73 Å². The summed E-state index contributed by atoms with van der Waals surface area (Å²) in [5.41, 5.74) is 7.99. The molecular weight excluding hydrogens is 268 g/mol. The van der Waals surface area contributed by atoms with Crippen LogP contribution >= 0.6 is 0 Å². The second-order valence-electron chi connectivity index (χ2n) is 5.26. The minimum atomic E-state index is 0.00135. The summed E-state index contributed by atoms with van der Waals surface area (Å²) in [6.07, 6.45) is 0. The molecule has 21 heavy (non-hydrogen) atoms. The Hall–Kier alpha value is -2.08. The zero-order valence-electron chi connectivity index (χ0n) is 12.6. The van der Waals surface area contributed by atoms with Crippen LogP contribution in [0.15, 0.2) is 18.2 Å². The summed E-state index contributed by atoms with van der Waals surface area (Å²) in [5, 5.41) is 2.61. The molecular formula is C15H22N4O2. The van der Waals surface area contributed by atoms with E-state index in [2.05, 4.69) is 10.2 Å². The van der Waals surface area contributed by atoms with Gasteiger partial charge in [0, 0.05) is 44.5 Å². The monoisotopic (exact) mass is 290 g/mol. The van der Waals surface area contributed by atoms with Crippen LogP contribution in [0.4, 0.5) is 5.69 Å². The average molecular weight is 290 g/mol. The van der Waals surface area contributed by atoms with Crippen LogP contribution in [0.1, 0.15) is 15.9 Å². The van der Waals surface area contributed by atoms with Gasteiger partial charge in [-0.15, -0.1) is 0 Å². The summed E-state index contributed by atoms with van der Waals surface area (Å²) in [5.74, 6) is 0.0147. The van der Waals surface area contributed by atoms with Crippen molar-refractivity contribution in [1.82, 2.24) is 15.1 Å². The summed E-state index contributed by atoms with van der Waals surface area (Å²) in [6, 6.07) is 5.41. The number of rotatable bonds is 3. The number of anilines is 1. The number of nitrogens with zero attached hydrogens (tertiary/aromatic N) is 2. The molecule has 0 aliphatic carbocycles. The molecule has 6 heteroatoms. The molecule has 1 fully saturated rings. The third-order valence-corrected chi connectivity index (χ3v) is 3.91. The van der Waals surface area contributed by atoms with Crippen LogP contribution in [0.2, 0.25) is 0 Å². The molecule has 114 valence electrons. The molecule has 0 atom stereocenters. The lowest BCUT2D eigenvalue weighted by Crippen LogP contribution is -2.51. The summed E-state index contributed by atoms with van der Waals surface area (Å²) in [4.78, 5) is 27.8. The van der Waals surface area contributed by atoms with Crippen LogP contribution < -0.4 is 11.1 Å². The lowest BCUT2D eigenvalue weighted by atomic mass is 10.1. The number of carbonyl (C=O) groups is 2. The van der Waals surface area contributed by atoms with Crippen molar-refractivity contribution in [2.45, 2.75) is 6.92 Å². The fourth-order valence-electron chi connectivity index (χ4n) is 2.45. The minimum Gasteiger partial charge on any atom is -0.398 e. The summed E-state index contributed by atoms with van der Waals surface area (Å²) in [7, 11) is 1.63. The molecule has 0 bridgehead atoms. The zero-order valence-corrected chi connectivity index (χ0v) is 12.6. The average Bonchev–Trinajstić information content (AvgIpc) is 2.50. The number of carbonyl (C=O) groups excluding carboxylic acids is 2. The van der Waals surface area contributed by atoms with Crippen molar-refractivity contribution in [3.63, 3.8) is 0 Å². The van der Waals surface area contributed by atoms with Crippen molar-refractivity contribution < 1.29 is 9.59 Å². The number of nitrogen functional groups attached to an aromatic ring is 1. The van der Waals surface area contributed by atoms with Gasteiger partial charge in [0.05, 0.1) is 6.54 Å². The fraction of sp³-hybridized carbons (Fsp3) is 0.467. The van der Waals surface area contributed by atoms with E-state index in [0.29, 0.717) is 44.0 Å². The van der Waals surface area contributed by atoms with Gasteiger partial charge in [-0.25, -0.2) is 0 Å². The van der Waals surface area contributed by atoms with E-state index < -0.39 is 0 Å². The van der Waals surface area contributed by atoms with E-state index in [1.165, 1.54) is 0 Å². The number of piperazine rings is 1. The van der Waals surface area contributed by atoms with Crippen molar-refractivity contribution in [3.8, 4) is 0 Å². The van der Waals surface area contributed by atoms with Gasteiger partial charge in [-0.2, -0.15) is 0 Å². The van der Waals surface area contributed by atoms with Crippen molar-refractivity contribution in [1.29, 1.82) is 0 Å². The van der Waals surface area contributed by atoms with E-state index in [1.54, 1.807) is 19.2 Å². The topological polar surface area (TPSA) is 78.7 Å². The molecule has 3 N–H and O–H groups in total. The first-order valence-corrected chi connectivity index (χ1v) is 7.10. The first-order chi connectivity index (χ1) is 10.0. The summed E-state index contributed by atoms with van der Waals surface area (Å²) >= 11 is 0. The molecule has 0 radical (unpaired) electrons. The van der Waals surface area contributed by atoms with E-state index in [-0.39, 0.29) is 11.8 Å². The Morgan fingerprint density at radius 2 is 1.90 bits per heavy atom. The second kappa shape index (κ2) is 6.58. The Morgan fingerprint density at radius 3 is 2.52 bits per heavy atom. The predicted octanol–water partition coefficient (Wildman–Crippen LogP) is 0.0810. The molecule has 0 saturated carbocycles. The van der Waals surface area contributed by atoms with Gasteiger partial charge in [0.15, 0.2) is 0 Å². The van der Waals surface area contributed by atoms with Crippen LogP contribution in [-0.2, 0) is 4.79 Å². The van der Waals surface area contributed by atoms with Crippen molar-refractivity contribution >= 4 is 17.5 Å². The Bertz CT molecular complexity index is 536. The third kappa shape index (κ3) is 3.52. The fourth-order valence-corrected chi connectivity index (χ4v) is 2.45. The predicted molar refractivity (Wildman–Crippen MR) is 82.0 cm³/mol. The summed E-state index contributed by atoms with van der Waals surface area (Å²) < 4.78 is 0. The number of hydrogen-bond donors (Lipinski definition) is 2. The molecule has 1 aromatic carbocycles. The van der Waals surface area contributed by atoms with Gasteiger partial charge in [0.25, 0.3) is 5.91 Å². The molecule has 1 saturated heterocycles. The molecule has 1 aromatic rings. The van der Waals surface area contributed by atoms with Crippen LogP contribution in [0.25, 0.3) is 0 Å². The van der Waals surface area contributed by atoms with Gasteiger partial charge >= 0.3 is 0 Å². The third-order valence-electron chi connectivity index (χ3n) is 3.91. The van der Waals surface area contributed by atoms with Crippen molar-refractivity contribution in [2.75, 3.05) is 45.5 Å². The lowest BCUT2D eigenvalue weighted by Gasteiger charge is -2.34. The summed E-state index contributed by atoms with van der Waals surface area (Å²) in [6.45, 7) is 4.93. The highest BCUT2D eigenvalue weighted by atomic mass is 16.2. The Morgan fingerprint density at radius 1 is 1.24 bits per heavy atom. The largest absolute Gasteiger partial charge is 0.398 e.